The minimum absolute atomic E-state index is 0.0914. The van der Waals surface area contributed by atoms with E-state index >= 15 is 0 Å². The fourth-order valence-corrected chi connectivity index (χ4v) is 2.89. The van der Waals surface area contributed by atoms with Gasteiger partial charge in [-0.25, -0.2) is 4.79 Å². The first kappa shape index (κ1) is 17.7. The van der Waals surface area contributed by atoms with Gasteiger partial charge in [-0.3, -0.25) is 0 Å². The highest BCUT2D eigenvalue weighted by atomic mass is 35.5. The first-order chi connectivity index (χ1) is 12.0. The van der Waals surface area contributed by atoms with Crippen molar-refractivity contribution in [2.75, 3.05) is 18.5 Å². The number of nitrogens with one attached hydrogen (secondary N) is 2. The molecule has 25 heavy (non-hydrogen) atoms. The predicted molar refractivity (Wildman–Crippen MR) is 93.9 cm³/mol. The van der Waals surface area contributed by atoms with Gasteiger partial charge in [0.2, 0.25) is 0 Å². The average Bonchev–Trinajstić information content (AvgIpc) is 3.26. The zero-order chi connectivity index (χ0) is 17.8. The number of halogens is 1. The van der Waals surface area contributed by atoms with Crippen molar-refractivity contribution in [3.63, 3.8) is 0 Å². The van der Waals surface area contributed by atoms with E-state index in [1.54, 1.807) is 0 Å². The molecule has 1 aliphatic heterocycles. The number of anilines is 1. The van der Waals surface area contributed by atoms with E-state index in [-0.39, 0.29) is 12.1 Å². The summed E-state index contributed by atoms with van der Waals surface area (Å²) in [5.74, 6) is 1.07. The van der Waals surface area contributed by atoms with Crippen LogP contribution in [-0.4, -0.2) is 29.3 Å². The van der Waals surface area contributed by atoms with Crippen LogP contribution < -0.4 is 10.6 Å². The molecule has 0 spiro atoms. The predicted octanol–water partition coefficient (Wildman–Crippen LogP) is 3.56. The first-order valence-electron chi connectivity index (χ1n) is 8.29. The summed E-state index contributed by atoms with van der Waals surface area (Å²) >= 11 is 6.10. The standard InChI is InChI=1S/C17H21ClN4O3/c1-10-5-6-12(18)11(2)15(10)21-17(23)19-8-7-14-20-16(25-22-14)13-4-3-9-24-13/h5-6,13H,3-4,7-9H2,1-2H3,(H2,19,21,23)/t13-/m0/s1. The molecule has 0 saturated carbocycles. The second-order valence-corrected chi connectivity index (χ2v) is 6.45. The summed E-state index contributed by atoms with van der Waals surface area (Å²) in [6.07, 6.45) is 2.30. The number of amides is 2. The van der Waals surface area contributed by atoms with E-state index in [0.717, 1.165) is 36.3 Å². The Bertz CT molecular complexity index is 756. The number of hydrogen-bond donors (Lipinski definition) is 2. The summed E-state index contributed by atoms with van der Waals surface area (Å²) in [6, 6.07) is 3.39. The van der Waals surface area contributed by atoms with Gasteiger partial charge in [-0.05, 0) is 43.9 Å². The Morgan fingerprint density at radius 2 is 2.24 bits per heavy atom. The summed E-state index contributed by atoms with van der Waals surface area (Å²) in [7, 11) is 0. The lowest BCUT2D eigenvalue weighted by Crippen LogP contribution is -2.31. The second kappa shape index (κ2) is 7.84. The van der Waals surface area contributed by atoms with Crippen molar-refractivity contribution < 1.29 is 14.1 Å². The molecule has 7 nitrogen and oxygen atoms in total. The second-order valence-electron chi connectivity index (χ2n) is 6.05. The fourth-order valence-electron chi connectivity index (χ4n) is 2.73. The van der Waals surface area contributed by atoms with Gasteiger partial charge in [0, 0.05) is 30.3 Å². The monoisotopic (exact) mass is 364 g/mol. The van der Waals surface area contributed by atoms with Crippen molar-refractivity contribution >= 4 is 23.3 Å². The fraction of sp³-hybridized carbons (Fsp3) is 0.471. The third-order valence-corrected chi connectivity index (χ3v) is 4.58. The molecule has 1 aliphatic rings. The molecule has 0 aliphatic carbocycles. The van der Waals surface area contributed by atoms with Gasteiger partial charge in [0.15, 0.2) is 5.82 Å². The molecule has 8 heteroatoms. The van der Waals surface area contributed by atoms with Crippen LogP contribution >= 0.6 is 11.6 Å². The molecule has 1 aromatic heterocycles. The average molecular weight is 365 g/mol. The van der Waals surface area contributed by atoms with E-state index in [9.17, 15) is 4.79 Å². The lowest BCUT2D eigenvalue weighted by Gasteiger charge is -2.13. The van der Waals surface area contributed by atoms with E-state index in [1.165, 1.54) is 0 Å². The van der Waals surface area contributed by atoms with Crippen molar-refractivity contribution in [1.82, 2.24) is 15.5 Å². The Morgan fingerprint density at radius 1 is 1.40 bits per heavy atom. The summed E-state index contributed by atoms with van der Waals surface area (Å²) in [6.45, 7) is 4.92. The number of hydrogen-bond acceptors (Lipinski definition) is 5. The largest absolute Gasteiger partial charge is 0.368 e. The smallest absolute Gasteiger partial charge is 0.319 e. The SMILES string of the molecule is Cc1ccc(Cl)c(C)c1NC(=O)NCCc1noc([C@@H]2CCCO2)n1. The highest BCUT2D eigenvalue weighted by molar-refractivity contribution is 6.31. The third-order valence-electron chi connectivity index (χ3n) is 4.17. The van der Waals surface area contributed by atoms with Crippen LogP contribution in [0.5, 0.6) is 0 Å². The molecule has 134 valence electrons. The minimum Gasteiger partial charge on any atom is -0.368 e. The molecule has 0 unspecified atom stereocenters. The maximum atomic E-state index is 12.1. The van der Waals surface area contributed by atoms with Crippen LogP contribution in [0.3, 0.4) is 0 Å². The Hall–Kier alpha value is -2.12. The van der Waals surface area contributed by atoms with E-state index < -0.39 is 0 Å². The first-order valence-corrected chi connectivity index (χ1v) is 8.67. The maximum Gasteiger partial charge on any atom is 0.319 e. The number of rotatable bonds is 5. The molecule has 2 amide bonds. The van der Waals surface area contributed by atoms with E-state index in [4.69, 9.17) is 20.9 Å². The number of ether oxygens (including phenoxy) is 1. The van der Waals surface area contributed by atoms with Crippen LogP contribution in [0, 0.1) is 13.8 Å². The van der Waals surface area contributed by atoms with E-state index in [1.807, 2.05) is 26.0 Å². The van der Waals surface area contributed by atoms with Gasteiger partial charge in [0.05, 0.1) is 0 Å². The molecule has 1 aromatic carbocycles. The number of carbonyl (C=O) groups excluding carboxylic acids is 1. The zero-order valence-electron chi connectivity index (χ0n) is 14.3. The molecule has 3 rings (SSSR count). The number of urea groups is 1. The number of aromatic nitrogens is 2. The van der Waals surface area contributed by atoms with Crippen molar-refractivity contribution in [2.24, 2.45) is 0 Å². The molecule has 1 fully saturated rings. The van der Waals surface area contributed by atoms with Crippen LogP contribution in [0.25, 0.3) is 0 Å². The van der Waals surface area contributed by atoms with Crippen molar-refractivity contribution in [2.45, 2.75) is 39.2 Å². The van der Waals surface area contributed by atoms with Gasteiger partial charge in [-0.2, -0.15) is 4.98 Å². The van der Waals surface area contributed by atoms with Gasteiger partial charge in [-0.15, -0.1) is 0 Å². The minimum atomic E-state index is -0.295. The van der Waals surface area contributed by atoms with Gasteiger partial charge >= 0.3 is 6.03 Å². The topological polar surface area (TPSA) is 89.3 Å². The van der Waals surface area contributed by atoms with E-state index in [0.29, 0.717) is 29.7 Å². The third kappa shape index (κ3) is 4.29. The summed E-state index contributed by atoms with van der Waals surface area (Å²) < 4.78 is 10.7. The maximum absolute atomic E-state index is 12.1. The summed E-state index contributed by atoms with van der Waals surface area (Å²) in [4.78, 5) is 16.4. The molecule has 2 heterocycles. The number of carbonyl (C=O) groups is 1. The van der Waals surface area contributed by atoms with Crippen LogP contribution in [0.2, 0.25) is 5.02 Å². The van der Waals surface area contributed by atoms with Crippen molar-refractivity contribution in [3.05, 3.63) is 40.0 Å². The van der Waals surface area contributed by atoms with Gasteiger partial charge in [-0.1, -0.05) is 22.8 Å². The van der Waals surface area contributed by atoms with Crippen LogP contribution in [0.15, 0.2) is 16.7 Å². The highest BCUT2D eigenvalue weighted by Gasteiger charge is 2.23. The molecule has 1 saturated heterocycles. The zero-order valence-corrected chi connectivity index (χ0v) is 15.0. The highest BCUT2D eigenvalue weighted by Crippen LogP contribution is 2.27. The normalized spacial score (nSPS) is 16.8. The van der Waals surface area contributed by atoms with Gasteiger partial charge in [0.25, 0.3) is 5.89 Å². The molecule has 0 radical (unpaired) electrons. The van der Waals surface area contributed by atoms with Crippen molar-refractivity contribution in [1.29, 1.82) is 0 Å². The van der Waals surface area contributed by atoms with Crippen LogP contribution in [-0.2, 0) is 11.2 Å². The molecule has 2 aromatic rings. The molecule has 2 N–H and O–H groups in total. The lowest BCUT2D eigenvalue weighted by atomic mass is 10.1. The van der Waals surface area contributed by atoms with Crippen LogP contribution in [0.4, 0.5) is 10.5 Å². The van der Waals surface area contributed by atoms with Gasteiger partial charge < -0.3 is 19.9 Å². The number of nitrogens with zero attached hydrogens (tertiary/aromatic N) is 2. The molecule has 1 atom stereocenters. The molecule has 0 bridgehead atoms. The van der Waals surface area contributed by atoms with Crippen LogP contribution in [0.1, 0.15) is 41.8 Å². The van der Waals surface area contributed by atoms with Crippen molar-refractivity contribution in [3.8, 4) is 0 Å². The molecular weight excluding hydrogens is 344 g/mol. The van der Waals surface area contributed by atoms with E-state index in [2.05, 4.69) is 20.8 Å². The van der Waals surface area contributed by atoms with Gasteiger partial charge in [0.1, 0.15) is 6.10 Å². The Kier molecular flexibility index (Phi) is 5.55. The Balaban J connectivity index is 1.49. The number of benzene rings is 1. The lowest BCUT2D eigenvalue weighted by molar-refractivity contribution is 0.0835. The Labute approximate surface area is 151 Å². The molecular formula is C17H21ClN4O3. The summed E-state index contributed by atoms with van der Waals surface area (Å²) in [5.41, 5.74) is 2.53. The number of aryl methyl sites for hydroxylation is 1. The Morgan fingerprint density at radius 3 is 3.00 bits per heavy atom. The summed E-state index contributed by atoms with van der Waals surface area (Å²) in [5, 5.41) is 10.2. The quantitative estimate of drug-likeness (QED) is 0.846.